The Labute approximate surface area is 373 Å². The van der Waals surface area contributed by atoms with Gasteiger partial charge in [-0.2, -0.15) is 0 Å². The van der Waals surface area contributed by atoms with Gasteiger partial charge in [-0.05, 0) is 81.5 Å². The van der Waals surface area contributed by atoms with Gasteiger partial charge in [0.15, 0.2) is 24.7 Å². The van der Waals surface area contributed by atoms with Gasteiger partial charge in [0, 0.05) is 23.7 Å². The standard InChI is InChI=1S/C45H72O19/c1-19-30(48)33(51)37(55)40(59-19)63-38-35(53)32(50)28(16-47)62-41(38)60-23-8-10-42(3)22(13-23)5-6-24-25(42)9-11-43(4)26(24)14-29-45(43,56)20(2)44(64-29)12-7-21(18-58-44)17-57-39-36(54)34(52)31(49)27(15-46)61-39/h5,19-21,23-41,46-56H,6-18H2,1-4H3. The lowest BCUT2D eigenvalue weighted by molar-refractivity contribution is -0.369. The molecule has 0 amide bonds. The third-order valence-corrected chi connectivity index (χ3v) is 18.0. The highest BCUT2D eigenvalue weighted by Gasteiger charge is 2.76. The summed E-state index contributed by atoms with van der Waals surface area (Å²) in [7, 11) is 0. The van der Waals surface area contributed by atoms with Crippen LogP contribution in [-0.4, -0.2) is 198 Å². The van der Waals surface area contributed by atoms with Crippen molar-refractivity contribution in [2.45, 2.75) is 201 Å². The van der Waals surface area contributed by atoms with Crippen LogP contribution >= 0.6 is 0 Å². The Bertz CT molecular complexity index is 1680. The van der Waals surface area contributed by atoms with Crippen LogP contribution < -0.4 is 0 Å². The predicted octanol–water partition coefficient (Wildman–Crippen LogP) is -1.70. The van der Waals surface area contributed by atoms with Crippen LogP contribution in [0.4, 0.5) is 0 Å². The summed E-state index contributed by atoms with van der Waals surface area (Å²) in [5, 5.41) is 116. The van der Waals surface area contributed by atoms with E-state index in [2.05, 4.69) is 26.8 Å². The molecule has 0 radical (unpaired) electrons. The smallest absolute Gasteiger partial charge is 0.187 e. The van der Waals surface area contributed by atoms with Crippen molar-refractivity contribution >= 4 is 0 Å². The molecule has 19 nitrogen and oxygen atoms in total. The number of allylic oxidation sites excluding steroid dienone is 1. The maximum Gasteiger partial charge on any atom is 0.187 e. The quantitative estimate of drug-likeness (QED) is 0.115. The van der Waals surface area contributed by atoms with Crippen molar-refractivity contribution in [1.29, 1.82) is 0 Å². The highest BCUT2D eigenvalue weighted by Crippen LogP contribution is 2.72. The summed E-state index contributed by atoms with van der Waals surface area (Å²) in [6.45, 7) is 7.47. The van der Waals surface area contributed by atoms with Crippen LogP contribution in [0.2, 0.25) is 0 Å². The van der Waals surface area contributed by atoms with E-state index in [0.29, 0.717) is 50.5 Å². The monoisotopic (exact) mass is 916 g/mol. The molecule has 366 valence electrons. The zero-order valence-corrected chi connectivity index (χ0v) is 37.2. The summed E-state index contributed by atoms with van der Waals surface area (Å²) in [6.07, 6.45) is -12.5. The van der Waals surface area contributed by atoms with Gasteiger partial charge in [-0.3, -0.25) is 0 Å². The fraction of sp³-hybridized carbons (Fsp3) is 0.956. The molecule has 0 aromatic rings. The lowest BCUT2D eigenvalue weighted by Gasteiger charge is -2.60. The second kappa shape index (κ2) is 17.7. The van der Waals surface area contributed by atoms with E-state index in [9.17, 15) is 56.2 Å². The highest BCUT2D eigenvalue weighted by molar-refractivity contribution is 5.29. The molecule has 5 saturated heterocycles. The first-order valence-corrected chi connectivity index (χ1v) is 23.6. The number of rotatable bonds is 9. The minimum absolute atomic E-state index is 0.0751. The second-order valence-electron chi connectivity index (χ2n) is 21.2. The van der Waals surface area contributed by atoms with Crippen molar-refractivity contribution in [3.8, 4) is 0 Å². The molecule has 64 heavy (non-hydrogen) atoms. The molecule has 8 fully saturated rings. The minimum Gasteiger partial charge on any atom is -0.394 e. The first-order chi connectivity index (χ1) is 30.3. The predicted molar refractivity (Wildman–Crippen MR) is 217 cm³/mol. The Morgan fingerprint density at radius 1 is 0.703 bits per heavy atom. The summed E-state index contributed by atoms with van der Waals surface area (Å²) >= 11 is 0. The maximum absolute atomic E-state index is 13.0. The first kappa shape index (κ1) is 48.0. The lowest BCUT2D eigenvalue weighted by atomic mass is 9.46. The van der Waals surface area contributed by atoms with Gasteiger partial charge < -0.3 is 94.1 Å². The highest BCUT2D eigenvalue weighted by atomic mass is 16.8. The molecule has 26 unspecified atom stereocenters. The Kier molecular flexibility index (Phi) is 13.3. The van der Waals surface area contributed by atoms with Crippen LogP contribution in [0.25, 0.3) is 0 Å². The zero-order chi connectivity index (χ0) is 45.8. The van der Waals surface area contributed by atoms with E-state index >= 15 is 0 Å². The summed E-state index contributed by atoms with van der Waals surface area (Å²) in [4.78, 5) is 0. The third-order valence-electron chi connectivity index (χ3n) is 18.0. The van der Waals surface area contributed by atoms with Crippen LogP contribution in [0.3, 0.4) is 0 Å². The van der Waals surface area contributed by atoms with Crippen molar-refractivity contribution in [2.75, 3.05) is 26.4 Å². The van der Waals surface area contributed by atoms with Crippen molar-refractivity contribution < 1.29 is 94.1 Å². The molecule has 4 aliphatic carbocycles. The molecule has 26 atom stereocenters. The first-order valence-electron chi connectivity index (χ1n) is 23.6. The van der Waals surface area contributed by atoms with Crippen molar-refractivity contribution in [3.05, 3.63) is 11.6 Å². The van der Waals surface area contributed by atoms with E-state index in [1.165, 1.54) is 12.5 Å². The summed E-state index contributed by atoms with van der Waals surface area (Å²) in [5.41, 5.74) is -0.382. The van der Waals surface area contributed by atoms with E-state index in [1.807, 2.05) is 0 Å². The molecule has 9 aliphatic rings. The number of hydrogen-bond donors (Lipinski definition) is 11. The Morgan fingerprint density at radius 2 is 1.38 bits per heavy atom. The molecule has 1 spiro atoms. The van der Waals surface area contributed by atoms with Crippen molar-refractivity contribution in [2.24, 2.45) is 40.4 Å². The Balaban J connectivity index is 0.838. The Morgan fingerprint density at radius 3 is 2.06 bits per heavy atom. The normalized spacial score (nSPS) is 57.4. The fourth-order valence-corrected chi connectivity index (χ4v) is 14.0. The largest absolute Gasteiger partial charge is 0.394 e. The van der Waals surface area contributed by atoms with Crippen LogP contribution in [0, 0.1) is 40.4 Å². The molecular formula is C45H72O19. The maximum atomic E-state index is 13.0. The fourth-order valence-electron chi connectivity index (χ4n) is 14.0. The van der Waals surface area contributed by atoms with Gasteiger partial charge in [0.05, 0.1) is 44.7 Å². The molecular weight excluding hydrogens is 844 g/mol. The van der Waals surface area contributed by atoms with Crippen molar-refractivity contribution in [3.63, 3.8) is 0 Å². The molecule has 19 heteroatoms. The SMILES string of the molecule is CC1OC(OC2C(OC3CCC4(C)C(=CCC5C4CCC4(C)C5CC5OC6(CCC(COC7OC(CO)C(O)C(O)C7O)CO6)C(C)C54O)C3)OC(CO)C(O)C2O)C(O)C(O)C1O. The van der Waals surface area contributed by atoms with Gasteiger partial charge in [0.25, 0.3) is 0 Å². The van der Waals surface area contributed by atoms with Crippen LogP contribution in [-0.2, 0) is 37.9 Å². The second-order valence-corrected chi connectivity index (χ2v) is 21.2. The number of aliphatic hydroxyl groups excluding tert-OH is 10. The van der Waals surface area contributed by atoms with Crippen molar-refractivity contribution in [1.82, 2.24) is 0 Å². The molecule has 5 heterocycles. The molecule has 11 N–H and O–H groups in total. The van der Waals surface area contributed by atoms with Crippen LogP contribution in [0.15, 0.2) is 11.6 Å². The van der Waals surface area contributed by atoms with E-state index in [1.54, 1.807) is 0 Å². The van der Waals surface area contributed by atoms with Gasteiger partial charge in [-0.1, -0.05) is 32.4 Å². The minimum atomic E-state index is -1.66. The van der Waals surface area contributed by atoms with Crippen LogP contribution in [0.1, 0.15) is 85.5 Å². The van der Waals surface area contributed by atoms with Gasteiger partial charge >= 0.3 is 0 Å². The van der Waals surface area contributed by atoms with Gasteiger partial charge in [0.2, 0.25) is 0 Å². The van der Waals surface area contributed by atoms with Crippen LogP contribution in [0.5, 0.6) is 0 Å². The lowest BCUT2D eigenvalue weighted by Crippen LogP contribution is -2.64. The molecule has 0 aromatic carbocycles. The van der Waals surface area contributed by atoms with Gasteiger partial charge in [0.1, 0.15) is 72.7 Å². The third kappa shape index (κ3) is 7.50. The Hall–Kier alpha value is -1.02. The van der Waals surface area contributed by atoms with Gasteiger partial charge in [-0.15, -0.1) is 0 Å². The molecule has 9 rings (SSSR count). The summed E-state index contributed by atoms with van der Waals surface area (Å²) < 4.78 is 48.9. The number of aliphatic hydroxyl groups is 11. The molecule has 0 aromatic heterocycles. The van der Waals surface area contributed by atoms with Gasteiger partial charge in [-0.25, -0.2) is 0 Å². The molecule has 3 saturated carbocycles. The number of fused-ring (bicyclic) bond motifs is 7. The average Bonchev–Trinajstić information content (AvgIpc) is 3.64. The van der Waals surface area contributed by atoms with E-state index in [4.69, 9.17) is 37.9 Å². The van der Waals surface area contributed by atoms with E-state index in [0.717, 1.165) is 25.7 Å². The summed E-state index contributed by atoms with van der Waals surface area (Å²) in [5.74, 6) is -0.452. The molecule has 5 aliphatic heterocycles. The summed E-state index contributed by atoms with van der Waals surface area (Å²) in [6, 6.07) is 0. The topological polar surface area (TPSA) is 296 Å². The number of ether oxygens (including phenoxy) is 8. The number of hydrogen-bond acceptors (Lipinski definition) is 19. The average molecular weight is 917 g/mol. The van der Waals surface area contributed by atoms with E-state index < -0.39 is 128 Å². The molecule has 0 bridgehead atoms. The van der Waals surface area contributed by atoms with E-state index in [-0.39, 0.29) is 35.9 Å². The zero-order valence-electron chi connectivity index (χ0n) is 37.2.